The Balaban J connectivity index is 0.000000787. The highest BCUT2D eigenvalue weighted by Crippen LogP contribution is 2.25. The zero-order valence-electron chi connectivity index (χ0n) is 74.0. The van der Waals surface area contributed by atoms with Crippen molar-refractivity contribution in [3.63, 3.8) is 0 Å². The van der Waals surface area contributed by atoms with Crippen LogP contribution < -0.4 is 43.0 Å². The number of carboxylic acids is 1. The van der Waals surface area contributed by atoms with E-state index in [-0.39, 0.29) is 85.2 Å². The second-order valence-electron chi connectivity index (χ2n) is 33.2. The van der Waals surface area contributed by atoms with Crippen LogP contribution in [0.5, 0.6) is 0 Å². The number of hydrogen-bond donors (Lipinski definition) is 9. The van der Waals surface area contributed by atoms with Crippen molar-refractivity contribution < 1.29 is 76.9 Å². The third kappa shape index (κ3) is 35.0. The van der Waals surface area contributed by atoms with Gasteiger partial charge in [0.2, 0.25) is 47.3 Å². The number of esters is 2. The second-order valence-corrected chi connectivity index (χ2v) is 33.2. The number of nitrogens with two attached hydrogens (primary N) is 1. The van der Waals surface area contributed by atoms with Crippen molar-refractivity contribution in [3.8, 4) is 0 Å². The van der Waals surface area contributed by atoms with E-state index >= 15 is 0 Å². The number of benzene rings is 2. The number of rotatable bonds is 34. The average Bonchev–Trinajstić information content (AvgIpc) is 0.829. The van der Waals surface area contributed by atoms with Crippen molar-refractivity contribution in [2.24, 2.45) is 53.1 Å². The lowest BCUT2D eigenvalue weighted by molar-refractivity contribution is -0.154. The molecule has 0 spiro atoms. The van der Waals surface area contributed by atoms with Crippen LogP contribution in [0.3, 0.4) is 0 Å². The Bertz CT molecular complexity index is 3560. The van der Waals surface area contributed by atoms with Crippen molar-refractivity contribution in [3.05, 3.63) is 95.1 Å². The molecular formula is C88H144N12O16. The molecule has 1 aliphatic heterocycles. The molecule has 652 valence electrons. The highest BCUT2D eigenvalue weighted by molar-refractivity contribution is 5.98. The fourth-order valence-corrected chi connectivity index (χ4v) is 13.7. The molecule has 116 heavy (non-hydrogen) atoms. The van der Waals surface area contributed by atoms with Gasteiger partial charge in [-0.1, -0.05) is 195 Å². The van der Waals surface area contributed by atoms with E-state index in [1.54, 1.807) is 45.9 Å². The number of aliphatic carboxylic acids is 1. The Hall–Kier alpha value is -9.05. The van der Waals surface area contributed by atoms with Gasteiger partial charge in [-0.05, 0) is 139 Å². The summed E-state index contributed by atoms with van der Waals surface area (Å²) in [4.78, 5) is 180. The number of allylic oxidation sites excluding steroid dienone is 2. The molecular weight excluding hydrogens is 1480 g/mol. The van der Waals surface area contributed by atoms with Crippen molar-refractivity contribution in [2.75, 3.05) is 47.8 Å². The molecule has 0 fully saturated rings. The van der Waals surface area contributed by atoms with Crippen molar-refractivity contribution in [1.82, 2.24) is 56.8 Å². The zero-order chi connectivity index (χ0) is 88.1. The quantitative estimate of drug-likeness (QED) is 0.0235. The van der Waals surface area contributed by atoms with E-state index < -0.39 is 139 Å². The fraction of sp³-hybridized carbons (Fsp3) is 0.670. The number of nitrogens with zero attached hydrogens (tertiary/aromatic N) is 4. The third-order valence-electron chi connectivity index (χ3n) is 22.0. The van der Waals surface area contributed by atoms with E-state index in [1.165, 1.54) is 56.7 Å². The number of carbonyl (C=O) groups excluding carboxylic acids is 12. The largest absolute Gasteiger partial charge is 0.480 e. The summed E-state index contributed by atoms with van der Waals surface area (Å²) in [6.07, 6.45) is 7.45. The predicted octanol–water partition coefficient (Wildman–Crippen LogP) is 8.23. The first-order chi connectivity index (χ1) is 54.3. The predicted molar refractivity (Wildman–Crippen MR) is 451 cm³/mol. The van der Waals surface area contributed by atoms with E-state index in [0.717, 1.165) is 41.8 Å². The summed E-state index contributed by atoms with van der Waals surface area (Å²) < 4.78 is 11.5. The van der Waals surface area contributed by atoms with Gasteiger partial charge in [0, 0.05) is 76.8 Å². The molecule has 7 unspecified atom stereocenters. The number of hydrogen-bond acceptors (Lipinski definition) is 17. The van der Waals surface area contributed by atoms with Crippen molar-refractivity contribution in [2.45, 2.75) is 288 Å². The standard InChI is InChI=1S/C44H70N6O8.C44H74N6O8/c1-13-27(5)37-29(7)19-18-20-30(8)44(57)58-35(23-26(3)4)40(53)46-32(10)42(55)50(12)34(24-33-21-16-15-17-22-33)43(56)49(11)25-36(51)47-38(28(6)14-2)41(54)45-31(9)39(52)48-37;1-13-28(5)38(46-25-32(9)45)30(7)19-18-20-31(8)44(57)58-36(23-27(3)4)40(52)47-33(10)41(53)50(12)35(24-34-21-16-15-17-22-34)42(54)49(11)26-37(51)48-39(43(55)56)29(6)14-2/h15-17,20-22,26-29,31-32,34-35,37-38H,13-14,18-19,23-25H2,1-12H3,(H,45,54)(H,46,53)(H,47,51)(H,48,52);15-17,20-22,27-30,32-33,35-36,38-39,46H,13-14,18-19,23-26,45H2,1-12H3,(H,47,52)(H,48,51)(H,55,56)/b30-20+;31-20+/t27?,28?,29-,31+,32-,34+,35+,37+,38-;28?,29?,30-,32?,33+,35?,36+,38?,39-/m00/s1. The number of likely N-dealkylation sites (N-methyl/N-ethyl adjacent to an activating group) is 4. The number of carboxylic acid groups (broad SMARTS) is 1. The molecule has 1 aliphatic rings. The number of carbonyl (C=O) groups is 13. The Labute approximate surface area is 691 Å². The van der Waals surface area contributed by atoms with Gasteiger partial charge in [0.15, 0.2) is 12.2 Å². The molecule has 10 N–H and O–H groups in total. The van der Waals surface area contributed by atoms with Crippen LogP contribution >= 0.6 is 0 Å². The Kier molecular flexibility index (Phi) is 46.1. The van der Waals surface area contributed by atoms with Gasteiger partial charge in [-0.2, -0.15) is 0 Å². The van der Waals surface area contributed by atoms with Crippen molar-refractivity contribution >= 4 is 77.0 Å². The Morgan fingerprint density at radius 1 is 0.698 bits per heavy atom. The van der Waals surface area contributed by atoms with Crippen LogP contribution in [0.4, 0.5) is 0 Å². The second kappa shape index (κ2) is 51.9. The highest BCUT2D eigenvalue weighted by Gasteiger charge is 2.39. The van der Waals surface area contributed by atoms with E-state index in [1.807, 2.05) is 124 Å². The summed E-state index contributed by atoms with van der Waals surface area (Å²) in [7, 11) is 5.77. The maximum atomic E-state index is 14.1. The molecule has 0 bridgehead atoms. The lowest BCUT2D eigenvalue weighted by Gasteiger charge is -2.33. The molecule has 0 radical (unpaired) electrons. The fourth-order valence-electron chi connectivity index (χ4n) is 13.7. The zero-order valence-corrected chi connectivity index (χ0v) is 74.0. The summed E-state index contributed by atoms with van der Waals surface area (Å²) in [5, 5.41) is 29.8. The van der Waals surface area contributed by atoms with Gasteiger partial charge < -0.3 is 77.1 Å². The van der Waals surface area contributed by atoms with Crippen LogP contribution in [0.25, 0.3) is 0 Å². The summed E-state index contributed by atoms with van der Waals surface area (Å²) in [6.45, 7) is 37.3. The topological polar surface area (TPSA) is 384 Å². The SMILES string of the molecule is CCC(C)C(NCC(C)N)[C@@H](C)CC/C=C(\C)C(=O)O[C@H](CC(C)C)C(=O)N[C@H](C)C(=O)N(C)C(Cc1ccccc1)C(=O)N(C)CC(=O)N[C@H](C(=O)O)C(C)CC.CCC(C)[C@@H]1NC(=O)CN(C)C(=O)[C@@H](Cc2ccccc2)N(C)C(=O)[C@H](C)NC(=O)[C@@H](CC(C)C)OC(=O)/C(C)=C/CC[C@H](C)[C@@H](C(C)CC)NC(=O)[C@@H](C)NC1=O. The van der Waals surface area contributed by atoms with Gasteiger partial charge in [0.05, 0.1) is 13.1 Å². The lowest BCUT2D eigenvalue weighted by atomic mass is 9.85. The molecule has 18 atom stereocenters. The molecule has 3 rings (SSSR count). The van der Waals surface area contributed by atoms with Gasteiger partial charge in [-0.3, -0.25) is 47.9 Å². The van der Waals surface area contributed by atoms with Crippen molar-refractivity contribution in [1.29, 1.82) is 0 Å². The molecule has 2 aromatic rings. The van der Waals surface area contributed by atoms with Crippen LogP contribution in [-0.4, -0.2) is 222 Å². The van der Waals surface area contributed by atoms with Gasteiger partial charge >= 0.3 is 17.9 Å². The molecule has 1 heterocycles. The number of nitrogens with one attached hydrogen (secondary N) is 7. The van der Waals surface area contributed by atoms with E-state index in [4.69, 9.17) is 15.2 Å². The molecule has 0 saturated carbocycles. The van der Waals surface area contributed by atoms with Crippen LogP contribution in [0.2, 0.25) is 0 Å². The first kappa shape index (κ1) is 103. The number of ether oxygens (including phenoxy) is 2. The van der Waals surface area contributed by atoms with Crippen LogP contribution in [0.15, 0.2) is 84.0 Å². The highest BCUT2D eigenvalue weighted by atomic mass is 16.6. The molecule has 0 aromatic heterocycles. The maximum Gasteiger partial charge on any atom is 0.334 e. The van der Waals surface area contributed by atoms with E-state index in [2.05, 4.69) is 64.9 Å². The van der Waals surface area contributed by atoms with Gasteiger partial charge in [-0.15, -0.1) is 0 Å². The monoisotopic (exact) mass is 1630 g/mol. The summed E-state index contributed by atoms with van der Waals surface area (Å²) in [5.74, 6) is -7.87. The minimum absolute atomic E-state index is 0.00352. The molecule has 0 aliphatic carbocycles. The van der Waals surface area contributed by atoms with E-state index in [0.29, 0.717) is 55.1 Å². The molecule has 0 saturated heterocycles. The summed E-state index contributed by atoms with van der Waals surface area (Å²) in [6, 6.07) is 10.9. The van der Waals surface area contributed by atoms with Gasteiger partial charge in [-0.25, -0.2) is 14.4 Å². The van der Waals surface area contributed by atoms with Gasteiger partial charge in [0.1, 0.15) is 42.3 Å². The number of cyclic esters (lactones) is 1. The minimum Gasteiger partial charge on any atom is -0.480 e. The molecule has 28 nitrogen and oxygen atoms in total. The Morgan fingerprint density at radius 2 is 1.28 bits per heavy atom. The lowest BCUT2D eigenvalue weighted by Crippen LogP contribution is -2.58. The third-order valence-corrected chi connectivity index (χ3v) is 22.0. The summed E-state index contributed by atoms with van der Waals surface area (Å²) >= 11 is 0. The first-order valence-corrected chi connectivity index (χ1v) is 41.7. The van der Waals surface area contributed by atoms with Crippen LogP contribution in [0.1, 0.15) is 214 Å². The first-order valence-electron chi connectivity index (χ1n) is 41.7. The van der Waals surface area contributed by atoms with Crippen LogP contribution in [-0.2, 0) is 84.6 Å². The molecule has 10 amide bonds. The maximum absolute atomic E-state index is 14.1. The Morgan fingerprint density at radius 3 is 1.82 bits per heavy atom. The number of amides is 10. The van der Waals surface area contributed by atoms with Crippen LogP contribution in [0, 0.1) is 47.3 Å². The molecule has 28 heteroatoms. The normalized spacial score (nSPS) is 22.2. The molecule has 2 aromatic carbocycles. The smallest absolute Gasteiger partial charge is 0.334 e. The summed E-state index contributed by atoms with van der Waals surface area (Å²) in [5.41, 5.74) is 8.23. The van der Waals surface area contributed by atoms with Gasteiger partial charge in [0.25, 0.3) is 11.8 Å². The average molecular weight is 1630 g/mol. The minimum atomic E-state index is -1.17. The van der Waals surface area contributed by atoms with E-state index in [9.17, 15) is 67.4 Å².